The number of thiazole rings is 1. The van der Waals surface area contributed by atoms with Crippen LogP contribution in [0.1, 0.15) is 5.69 Å². The van der Waals surface area contributed by atoms with E-state index in [1.54, 1.807) is 17.5 Å². The van der Waals surface area contributed by atoms with Crippen LogP contribution in [0.2, 0.25) is 0 Å². The molecule has 2 aromatic rings. The van der Waals surface area contributed by atoms with Crippen LogP contribution in [-0.4, -0.2) is 23.9 Å². The fourth-order valence-corrected chi connectivity index (χ4v) is 2.37. The molecule has 1 aromatic heterocycles. The van der Waals surface area contributed by atoms with Crippen LogP contribution < -0.4 is 5.32 Å². The molecule has 21 heavy (non-hydrogen) atoms. The molecule has 0 saturated carbocycles. The Morgan fingerprint density at radius 1 is 1.19 bits per heavy atom. The van der Waals surface area contributed by atoms with Crippen molar-refractivity contribution in [1.82, 2.24) is 10.3 Å². The lowest BCUT2D eigenvalue weighted by Crippen LogP contribution is -2.38. The predicted octanol–water partition coefficient (Wildman–Crippen LogP) is 3.94. The van der Waals surface area contributed by atoms with E-state index < -0.39 is 18.9 Å². The summed E-state index contributed by atoms with van der Waals surface area (Å²) in [6, 6.07) is 5.68. The van der Waals surface area contributed by atoms with Gasteiger partial charge in [0.1, 0.15) is 10.8 Å². The summed E-state index contributed by atoms with van der Waals surface area (Å²) in [7, 11) is 0. The smallest absolute Gasteiger partial charge is 0.305 e. The number of alkyl halides is 4. The van der Waals surface area contributed by atoms with Crippen molar-refractivity contribution >= 4 is 11.3 Å². The SMILES string of the molecule is Fc1ccc(-c2nc(CNCC(F)(F)C(F)F)cs2)cc1. The normalized spacial score (nSPS) is 12.1. The average molecular weight is 322 g/mol. The Labute approximate surface area is 121 Å². The highest BCUT2D eigenvalue weighted by atomic mass is 32.1. The van der Waals surface area contributed by atoms with Crippen LogP contribution in [0.5, 0.6) is 0 Å². The summed E-state index contributed by atoms with van der Waals surface area (Å²) >= 11 is 1.26. The molecule has 0 atom stereocenters. The van der Waals surface area contributed by atoms with Crippen molar-refractivity contribution in [3.63, 3.8) is 0 Å². The van der Waals surface area contributed by atoms with Crippen LogP contribution in [0, 0.1) is 5.82 Å². The van der Waals surface area contributed by atoms with E-state index in [-0.39, 0.29) is 12.4 Å². The summed E-state index contributed by atoms with van der Waals surface area (Å²) in [5.41, 5.74) is 1.16. The Morgan fingerprint density at radius 3 is 2.48 bits per heavy atom. The minimum absolute atomic E-state index is 0.0417. The van der Waals surface area contributed by atoms with Crippen LogP contribution in [-0.2, 0) is 6.54 Å². The van der Waals surface area contributed by atoms with Crippen molar-refractivity contribution in [3.8, 4) is 10.6 Å². The van der Waals surface area contributed by atoms with E-state index >= 15 is 0 Å². The van der Waals surface area contributed by atoms with Gasteiger partial charge >= 0.3 is 12.3 Å². The number of rotatable bonds is 6. The van der Waals surface area contributed by atoms with Gasteiger partial charge < -0.3 is 5.32 Å². The Bertz CT molecular complexity index is 583. The second kappa shape index (κ2) is 6.48. The number of aromatic nitrogens is 1. The Hall–Kier alpha value is -1.54. The summed E-state index contributed by atoms with van der Waals surface area (Å²) in [6.07, 6.45) is -3.70. The first-order valence-corrected chi connectivity index (χ1v) is 6.83. The summed E-state index contributed by atoms with van der Waals surface area (Å²) in [6.45, 7) is -1.16. The second-order valence-electron chi connectivity index (χ2n) is 4.32. The van der Waals surface area contributed by atoms with Gasteiger partial charge in [-0.3, -0.25) is 0 Å². The highest BCUT2D eigenvalue weighted by molar-refractivity contribution is 7.13. The van der Waals surface area contributed by atoms with E-state index in [1.165, 1.54) is 23.5 Å². The average Bonchev–Trinajstić information content (AvgIpc) is 2.88. The van der Waals surface area contributed by atoms with E-state index in [2.05, 4.69) is 10.3 Å². The van der Waals surface area contributed by atoms with Gasteiger partial charge in [-0.2, -0.15) is 8.78 Å². The maximum atomic E-state index is 12.8. The van der Waals surface area contributed by atoms with E-state index in [0.717, 1.165) is 0 Å². The number of nitrogens with one attached hydrogen (secondary N) is 1. The minimum Gasteiger partial charge on any atom is -0.305 e. The number of nitrogens with zero attached hydrogens (tertiary/aromatic N) is 1. The van der Waals surface area contributed by atoms with Gasteiger partial charge in [0.15, 0.2) is 0 Å². The zero-order valence-electron chi connectivity index (χ0n) is 10.6. The Kier molecular flexibility index (Phi) is 4.89. The highest BCUT2D eigenvalue weighted by Crippen LogP contribution is 2.24. The number of hydrogen-bond acceptors (Lipinski definition) is 3. The maximum absolute atomic E-state index is 12.8. The molecule has 0 aliphatic carbocycles. The molecule has 8 heteroatoms. The minimum atomic E-state index is -4.06. The lowest BCUT2D eigenvalue weighted by atomic mass is 10.2. The monoisotopic (exact) mass is 322 g/mol. The van der Waals surface area contributed by atoms with Crippen LogP contribution in [0.25, 0.3) is 10.6 Å². The quantitative estimate of drug-likeness (QED) is 0.815. The third kappa shape index (κ3) is 4.21. The fourth-order valence-electron chi connectivity index (χ4n) is 1.55. The highest BCUT2D eigenvalue weighted by Gasteiger charge is 2.39. The molecule has 0 unspecified atom stereocenters. The van der Waals surface area contributed by atoms with Crippen LogP contribution in [0.3, 0.4) is 0 Å². The topological polar surface area (TPSA) is 24.9 Å². The van der Waals surface area contributed by atoms with Gasteiger partial charge in [0.25, 0.3) is 0 Å². The molecule has 114 valence electrons. The summed E-state index contributed by atoms with van der Waals surface area (Å²) in [4.78, 5) is 4.18. The molecule has 0 aliphatic rings. The van der Waals surface area contributed by atoms with Gasteiger partial charge in [0.05, 0.1) is 12.2 Å². The van der Waals surface area contributed by atoms with Gasteiger partial charge in [-0.25, -0.2) is 18.2 Å². The lowest BCUT2D eigenvalue weighted by molar-refractivity contribution is -0.125. The second-order valence-corrected chi connectivity index (χ2v) is 5.17. The summed E-state index contributed by atoms with van der Waals surface area (Å²) in [5.74, 6) is -4.43. The maximum Gasteiger partial charge on any atom is 0.319 e. The molecule has 0 amide bonds. The Morgan fingerprint density at radius 2 is 1.86 bits per heavy atom. The van der Waals surface area contributed by atoms with Crippen molar-refractivity contribution in [2.75, 3.05) is 6.54 Å². The third-order valence-corrected chi connectivity index (χ3v) is 3.57. The molecule has 0 spiro atoms. The fraction of sp³-hybridized carbons (Fsp3) is 0.308. The first-order chi connectivity index (χ1) is 9.88. The van der Waals surface area contributed by atoms with Gasteiger partial charge in [-0.15, -0.1) is 11.3 Å². The van der Waals surface area contributed by atoms with Gasteiger partial charge in [-0.05, 0) is 24.3 Å². The molecular formula is C13H11F5N2S. The summed E-state index contributed by atoms with van der Waals surface area (Å²) in [5, 5.41) is 4.49. The zero-order valence-corrected chi connectivity index (χ0v) is 11.4. The van der Waals surface area contributed by atoms with Crippen LogP contribution >= 0.6 is 11.3 Å². The third-order valence-electron chi connectivity index (χ3n) is 2.63. The first kappa shape index (κ1) is 15.8. The van der Waals surface area contributed by atoms with Crippen molar-refractivity contribution in [2.45, 2.75) is 18.9 Å². The van der Waals surface area contributed by atoms with Crippen molar-refractivity contribution in [2.24, 2.45) is 0 Å². The molecule has 0 fully saturated rings. The van der Waals surface area contributed by atoms with E-state index in [9.17, 15) is 22.0 Å². The van der Waals surface area contributed by atoms with Crippen molar-refractivity contribution < 1.29 is 22.0 Å². The molecule has 0 radical (unpaired) electrons. The van der Waals surface area contributed by atoms with Crippen molar-refractivity contribution in [3.05, 3.63) is 41.2 Å². The van der Waals surface area contributed by atoms with Gasteiger partial charge in [0, 0.05) is 17.5 Å². The molecule has 0 bridgehead atoms. The van der Waals surface area contributed by atoms with Crippen LogP contribution in [0.4, 0.5) is 22.0 Å². The molecule has 1 heterocycles. The molecule has 1 N–H and O–H groups in total. The molecule has 2 nitrogen and oxygen atoms in total. The predicted molar refractivity (Wildman–Crippen MR) is 70.2 cm³/mol. The first-order valence-electron chi connectivity index (χ1n) is 5.95. The summed E-state index contributed by atoms with van der Waals surface area (Å²) < 4.78 is 62.1. The molecule has 0 aliphatic heterocycles. The van der Waals surface area contributed by atoms with E-state index in [4.69, 9.17) is 0 Å². The number of benzene rings is 1. The molecular weight excluding hydrogens is 311 g/mol. The van der Waals surface area contributed by atoms with E-state index in [1.807, 2.05) is 0 Å². The van der Waals surface area contributed by atoms with E-state index in [0.29, 0.717) is 16.3 Å². The molecule has 0 saturated heterocycles. The van der Waals surface area contributed by atoms with Gasteiger partial charge in [-0.1, -0.05) is 0 Å². The number of halogens is 5. The standard InChI is InChI=1S/C13H11F5N2S/c14-9-3-1-8(2-4-9)11-20-10(6-21-11)5-19-7-13(17,18)12(15)16/h1-4,6,12,19H,5,7H2. The van der Waals surface area contributed by atoms with Crippen LogP contribution in [0.15, 0.2) is 29.6 Å². The van der Waals surface area contributed by atoms with Crippen molar-refractivity contribution in [1.29, 1.82) is 0 Å². The lowest BCUT2D eigenvalue weighted by Gasteiger charge is -2.15. The largest absolute Gasteiger partial charge is 0.319 e. The Balaban J connectivity index is 1.93. The number of hydrogen-bond donors (Lipinski definition) is 1. The van der Waals surface area contributed by atoms with Gasteiger partial charge in [0.2, 0.25) is 0 Å². The zero-order chi connectivity index (χ0) is 15.5. The molecule has 1 aromatic carbocycles. The molecule has 2 rings (SSSR count).